The third kappa shape index (κ3) is 9.43. The van der Waals surface area contributed by atoms with Crippen molar-refractivity contribution in [3.05, 3.63) is 101 Å². The number of carboxylic acid groups (broad SMARTS) is 1. The standard InChI is InChI=1S/C32H39FN2O4/c1-31(2,3)39-30(38)34-26(20-32(4,5)29(36)37)18-25-16-17-27(33)28(19-25)35(21-23-12-8-6-9-13-23)22-24-14-10-7-11-15-24/h6-17,19,26H,18,20-22H2,1-5H3,(H,34,38)(H,36,37). The summed E-state index contributed by atoms with van der Waals surface area (Å²) in [5, 5.41) is 12.6. The number of carboxylic acids is 1. The van der Waals surface area contributed by atoms with Crippen LogP contribution in [0.1, 0.15) is 57.7 Å². The molecule has 0 fully saturated rings. The average molecular weight is 535 g/mol. The number of rotatable bonds is 11. The lowest BCUT2D eigenvalue weighted by atomic mass is 9.84. The summed E-state index contributed by atoms with van der Waals surface area (Å²) < 4.78 is 20.8. The van der Waals surface area contributed by atoms with Gasteiger partial charge in [0.25, 0.3) is 0 Å². The topological polar surface area (TPSA) is 78.9 Å². The summed E-state index contributed by atoms with van der Waals surface area (Å²) in [6.07, 6.45) is -0.134. The number of alkyl carbamates (subject to hydrolysis) is 1. The summed E-state index contributed by atoms with van der Waals surface area (Å²) in [6.45, 7) is 9.55. The number of ether oxygens (including phenoxy) is 1. The first-order valence-corrected chi connectivity index (χ1v) is 13.2. The molecule has 6 nitrogen and oxygen atoms in total. The highest BCUT2D eigenvalue weighted by molar-refractivity contribution is 5.74. The van der Waals surface area contributed by atoms with E-state index >= 15 is 4.39 Å². The smallest absolute Gasteiger partial charge is 0.407 e. The summed E-state index contributed by atoms with van der Waals surface area (Å²) in [4.78, 5) is 26.4. The molecule has 0 aliphatic heterocycles. The molecule has 2 N–H and O–H groups in total. The van der Waals surface area contributed by atoms with Crippen LogP contribution in [0.2, 0.25) is 0 Å². The van der Waals surface area contributed by atoms with Crippen molar-refractivity contribution in [2.75, 3.05) is 4.90 Å². The number of hydrogen-bond acceptors (Lipinski definition) is 4. The Kier molecular flexibility index (Phi) is 9.73. The maximum Gasteiger partial charge on any atom is 0.407 e. The number of hydrogen-bond donors (Lipinski definition) is 2. The van der Waals surface area contributed by atoms with Gasteiger partial charge in [0.2, 0.25) is 0 Å². The van der Waals surface area contributed by atoms with Crippen LogP contribution < -0.4 is 10.2 Å². The van der Waals surface area contributed by atoms with Gasteiger partial charge in [-0.05, 0) is 76.3 Å². The highest BCUT2D eigenvalue weighted by Gasteiger charge is 2.32. The molecule has 0 spiro atoms. The Balaban J connectivity index is 1.92. The normalized spacial score (nSPS) is 12.5. The zero-order valence-electron chi connectivity index (χ0n) is 23.4. The molecule has 3 aromatic carbocycles. The first kappa shape index (κ1) is 29.7. The van der Waals surface area contributed by atoms with Crippen LogP contribution in [0.15, 0.2) is 78.9 Å². The fraction of sp³-hybridized carbons (Fsp3) is 0.375. The van der Waals surface area contributed by atoms with Gasteiger partial charge in [0.05, 0.1) is 11.1 Å². The minimum absolute atomic E-state index is 0.173. The summed E-state index contributed by atoms with van der Waals surface area (Å²) in [6, 6.07) is 24.1. The largest absolute Gasteiger partial charge is 0.481 e. The summed E-state index contributed by atoms with van der Waals surface area (Å²) in [5.74, 6) is -1.32. The number of amides is 1. The minimum Gasteiger partial charge on any atom is -0.481 e. The van der Waals surface area contributed by atoms with Crippen LogP contribution in [0.3, 0.4) is 0 Å². The van der Waals surface area contributed by atoms with Crippen LogP contribution in [0.4, 0.5) is 14.9 Å². The number of anilines is 1. The average Bonchev–Trinajstić information content (AvgIpc) is 2.84. The molecule has 0 aliphatic carbocycles. The van der Waals surface area contributed by atoms with Gasteiger partial charge in [-0.3, -0.25) is 4.79 Å². The first-order chi connectivity index (χ1) is 18.3. The number of nitrogens with one attached hydrogen (secondary N) is 1. The molecule has 1 atom stereocenters. The molecule has 0 aliphatic rings. The van der Waals surface area contributed by atoms with Gasteiger partial charge in [0, 0.05) is 19.1 Å². The van der Waals surface area contributed by atoms with E-state index in [0.717, 1.165) is 16.7 Å². The molecule has 0 saturated heterocycles. The van der Waals surface area contributed by atoms with Gasteiger partial charge in [-0.1, -0.05) is 66.7 Å². The number of aliphatic carboxylic acids is 1. The molecule has 0 heterocycles. The molecule has 0 saturated carbocycles. The van der Waals surface area contributed by atoms with Crippen molar-refractivity contribution in [2.45, 2.75) is 72.2 Å². The van der Waals surface area contributed by atoms with Crippen molar-refractivity contribution in [1.82, 2.24) is 5.32 Å². The Morgan fingerprint density at radius 3 is 1.90 bits per heavy atom. The maximum atomic E-state index is 15.3. The molecule has 3 rings (SSSR count). The van der Waals surface area contributed by atoms with Crippen molar-refractivity contribution < 1.29 is 23.8 Å². The Bertz CT molecular complexity index is 1200. The van der Waals surface area contributed by atoms with Crippen LogP contribution in [0.5, 0.6) is 0 Å². The Hall–Kier alpha value is -3.87. The molecule has 0 aromatic heterocycles. The quantitative estimate of drug-likeness (QED) is 0.278. The first-order valence-electron chi connectivity index (χ1n) is 13.2. The second-order valence-electron chi connectivity index (χ2n) is 11.6. The summed E-state index contributed by atoms with van der Waals surface area (Å²) in [5.41, 5.74) is 1.52. The predicted molar refractivity (Wildman–Crippen MR) is 152 cm³/mol. The van der Waals surface area contributed by atoms with Gasteiger partial charge in [-0.25, -0.2) is 9.18 Å². The monoisotopic (exact) mass is 534 g/mol. The lowest BCUT2D eigenvalue weighted by Crippen LogP contribution is -2.43. The molecule has 1 unspecified atom stereocenters. The van der Waals surface area contributed by atoms with Crippen molar-refractivity contribution in [2.24, 2.45) is 5.41 Å². The molecular weight excluding hydrogens is 495 g/mol. The van der Waals surface area contributed by atoms with Crippen LogP contribution >= 0.6 is 0 Å². The molecular formula is C32H39FN2O4. The number of carbonyl (C=O) groups is 2. The Labute approximate surface area is 230 Å². The van der Waals surface area contributed by atoms with Crippen molar-refractivity contribution >= 4 is 17.7 Å². The third-order valence-electron chi connectivity index (χ3n) is 6.32. The fourth-order valence-corrected chi connectivity index (χ4v) is 4.40. The number of nitrogens with zero attached hydrogens (tertiary/aromatic N) is 1. The van der Waals surface area contributed by atoms with Crippen LogP contribution in [-0.2, 0) is 29.0 Å². The Morgan fingerprint density at radius 2 is 1.41 bits per heavy atom. The van der Waals surface area contributed by atoms with E-state index in [9.17, 15) is 14.7 Å². The number of carbonyl (C=O) groups excluding carboxylic acids is 1. The Morgan fingerprint density at radius 1 is 0.872 bits per heavy atom. The van der Waals surface area contributed by atoms with Gasteiger partial charge in [0.15, 0.2) is 0 Å². The molecule has 208 valence electrons. The fourth-order valence-electron chi connectivity index (χ4n) is 4.40. The van der Waals surface area contributed by atoms with Crippen LogP contribution in [-0.4, -0.2) is 28.8 Å². The molecule has 39 heavy (non-hydrogen) atoms. The van der Waals surface area contributed by atoms with E-state index in [-0.39, 0.29) is 12.2 Å². The number of benzene rings is 3. The van der Waals surface area contributed by atoms with Gasteiger partial charge >= 0.3 is 12.1 Å². The second-order valence-corrected chi connectivity index (χ2v) is 11.6. The van der Waals surface area contributed by atoms with E-state index in [4.69, 9.17) is 4.74 Å². The zero-order chi connectivity index (χ0) is 28.6. The molecule has 3 aromatic rings. The van der Waals surface area contributed by atoms with E-state index < -0.39 is 29.1 Å². The molecule has 7 heteroatoms. The number of halogens is 1. The van der Waals surface area contributed by atoms with E-state index in [0.29, 0.717) is 25.2 Å². The van der Waals surface area contributed by atoms with E-state index in [1.165, 1.54) is 6.07 Å². The van der Waals surface area contributed by atoms with Crippen LogP contribution in [0.25, 0.3) is 0 Å². The zero-order valence-corrected chi connectivity index (χ0v) is 23.4. The lowest BCUT2D eigenvalue weighted by Gasteiger charge is -2.29. The molecule has 1 amide bonds. The maximum absolute atomic E-state index is 15.3. The van der Waals surface area contributed by atoms with Gasteiger partial charge in [-0.2, -0.15) is 0 Å². The lowest BCUT2D eigenvalue weighted by molar-refractivity contribution is -0.147. The van der Waals surface area contributed by atoms with Crippen molar-refractivity contribution in [1.29, 1.82) is 0 Å². The highest BCUT2D eigenvalue weighted by atomic mass is 19.1. The molecule has 0 bridgehead atoms. The van der Waals surface area contributed by atoms with E-state index in [2.05, 4.69) is 5.32 Å². The van der Waals surface area contributed by atoms with Gasteiger partial charge in [0.1, 0.15) is 11.4 Å². The summed E-state index contributed by atoms with van der Waals surface area (Å²) in [7, 11) is 0. The van der Waals surface area contributed by atoms with E-state index in [1.54, 1.807) is 46.8 Å². The second kappa shape index (κ2) is 12.8. The van der Waals surface area contributed by atoms with Crippen molar-refractivity contribution in [3.63, 3.8) is 0 Å². The van der Waals surface area contributed by atoms with Crippen LogP contribution in [0, 0.1) is 11.2 Å². The SMILES string of the molecule is CC(C)(C)OC(=O)NC(Cc1ccc(F)c(N(Cc2ccccc2)Cc2ccccc2)c1)CC(C)(C)C(=O)O. The molecule has 0 radical (unpaired) electrons. The van der Waals surface area contributed by atoms with Gasteiger partial charge in [-0.15, -0.1) is 0 Å². The van der Waals surface area contributed by atoms with E-state index in [1.807, 2.05) is 65.6 Å². The third-order valence-corrected chi connectivity index (χ3v) is 6.32. The minimum atomic E-state index is -1.09. The highest BCUT2D eigenvalue weighted by Crippen LogP contribution is 2.28. The predicted octanol–water partition coefficient (Wildman–Crippen LogP) is 6.97. The van der Waals surface area contributed by atoms with Crippen molar-refractivity contribution in [3.8, 4) is 0 Å². The summed E-state index contributed by atoms with van der Waals surface area (Å²) >= 11 is 0. The van der Waals surface area contributed by atoms with Gasteiger partial charge < -0.3 is 20.1 Å².